The fourth-order valence-electron chi connectivity index (χ4n) is 0.688. The summed E-state index contributed by atoms with van der Waals surface area (Å²) >= 11 is 3.54. The topological polar surface area (TPSA) is 47.6 Å². The summed E-state index contributed by atoms with van der Waals surface area (Å²) in [6.07, 6.45) is 3.38. The van der Waals surface area contributed by atoms with Crippen molar-refractivity contribution >= 4 is 57.2 Å². The summed E-state index contributed by atoms with van der Waals surface area (Å²) in [5.74, 6) is 0. The molecule has 0 aromatic rings. The van der Waals surface area contributed by atoms with Crippen molar-refractivity contribution in [3.05, 3.63) is 15.4 Å². The fraction of sp³-hybridized carbons (Fsp3) is 0.286. The summed E-state index contributed by atoms with van der Waals surface area (Å²) in [7, 11) is 0. The van der Waals surface area contributed by atoms with Crippen molar-refractivity contribution in [2.24, 2.45) is 0 Å². The molecule has 13 heavy (non-hydrogen) atoms. The number of nitrogens with zero attached hydrogens (tertiary/aromatic N) is 2. The average Bonchev–Trinajstić information content (AvgIpc) is 2.57. The van der Waals surface area contributed by atoms with Crippen LogP contribution in [0.25, 0.3) is 0 Å². The van der Waals surface area contributed by atoms with Crippen LogP contribution in [0.4, 0.5) is 0 Å². The summed E-state index contributed by atoms with van der Waals surface area (Å²) in [5.41, 5.74) is 0. The van der Waals surface area contributed by atoms with E-state index >= 15 is 0 Å². The van der Waals surface area contributed by atoms with Crippen LogP contribution in [-0.2, 0) is 0 Å². The molecule has 0 unspecified atom stereocenters. The molecule has 0 atom stereocenters. The van der Waals surface area contributed by atoms with Crippen LogP contribution in [0.3, 0.4) is 0 Å². The summed E-state index contributed by atoms with van der Waals surface area (Å²) in [4.78, 5) is 0. The van der Waals surface area contributed by atoms with Crippen molar-refractivity contribution < 1.29 is 0 Å². The molecule has 0 amide bonds. The maximum atomic E-state index is 8.75. The first kappa shape index (κ1) is 11.9. The van der Waals surface area contributed by atoms with Gasteiger partial charge in [0.2, 0.25) is 0 Å². The molecule has 0 saturated carbocycles. The zero-order valence-corrected chi connectivity index (χ0v) is 13.4. The second kappa shape index (κ2) is 6.31. The molecule has 2 nitrogen and oxygen atoms in total. The van der Waals surface area contributed by atoms with E-state index in [0.29, 0.717) is 16.8 Å². The third kappa shape index (κ3) is 3.45. The summed E-state index contributed by atoms with van der Waals surface area (Å²) in [6.45, 7) is 0. The molecular formula is C7H4N2Se4. The normalized spacial score (nSPS) is 17.2. The average molecular weight is 432 g/mol. The van der Waals surface area contributed by atoms with E-state index in [4.69, 9.17) is 10.5 Å². The molecule has 1 aliphatic rings. The number of hydrogen-bond acceptors (Lipinski definition) is 2. The van der Waals surface area contributed by atoms with Gasteiger partial charge in [-0.05, 0) is 0 Å². The predicted molar refractivity (Wildman–Crippen MR) is 54.5 cm³/mol. The van der Waals surface area contributed by atoms with E-state index < -0.39 is 0 Å². The minimum atomic E-state index is 0.193. The molecule has 0 aromatic carbocycles. The van der Waals surface area contributed by atoms with Crippen molar-refractivity contribution in [1.29, 1.82) is 10.5 Å². The Kier molecular flexibility index (Phi) is 5.76. The van der Waals surface area contributed by atoms with Crippen LogP contribution < -0.4 is 0 Å². The predicted octanol–water partition coefficient (Wildman–Crippen LogP) is -0.567. The van der Waals surface area contributed by atoms with E-state index in [1.165, 1.54) is 0 Å². The molecule has 0 bridgehead atoms. The first-order valence-electron chi connectivity index (χ1n) is 3.19. The van der Waals surface area contributed by atoms with E-state index in [9.17, 15) is 0 Å². The number of nitriles is 2. The molecule has 0 aliphatic carbocycles. The summed E-state index contributed by atoms with van der Waals surface area (Å²) in [6, 6.07) is 4.27. The first-order chi connectivity index (χ1) is 6.31. The molecule has 0 saturated heterocycles. The van der Waals surface area contributed by atoms with E-state index in [-0.39, 0.29) is 29.9 Å². The van der Waals surface area contributed by atoms with Gasteiger partial charge in [-0.2, -0.15) is 0 Å². The minimum absolute atomic E-state index is 0.193. The monoisotopic (exact) mass is 436 g/mol. The van der Waals surface area contributed by atoms with Gasteiger partial charge in [0, 0.05) is 0 Å². The van der Waals surface area contributed by atoms with Gasteiger partial charge in [-0.15, -0.1) is 0 Å². The van der Waals surface area contributed by atoms with Gasteiger partial charge in [0.05, 0.1) is 0 Å². The molecule has 1 heterocycles. The molecule has 6 heteroatoms. The summed E-state index contributed by atoms with van der Waals surface area (Å²) < 4.78 is 1.95. The summed E-state index contributed by atoms with van der Waals surface area (Å²) in [5, 5.41) is 18.5. The number of allylic oxidation sites excluding steroid dienone is 2. The fourth-order valence-corrected chi connectivity index (χ4v) is 9.31. The Bertz CT molecular complexity index is 273. The third-order valence-electron chi connectivity index (χ3n) is 1.17. The Morgan fingerprint density at radius 1 is 1.31 bits per heavy atom. The second-order valence-electron chi connectivity index (χ2n) is 1.93. The van der Waals surface area contributed by atoms with Crippen molar-refractivity contribution in [2.45, 2.75) is 9.03 Å². The van der Waals surface area contributed by atoms with Gasteiger partial charge in [-0.1, -0.05) is 0 Å². The van der Waals surface area contributed by atoms with Crippen LogP contribution in [0.15, 0.2) is 8.94 Å². The van der Waals surface area contributed by atoms with Crippen LogP contribution in [0.1, 0.15) is 0 Å². The Balaban J connectivity index is 2.50. The zero-order chi connectivity index (χ0) is 9.68. The van der Waals surface area contributed by atoms with Crippen molar-refractivity contribution in [3.63, 3.8) is 0 Å². The van der Waals surface area contributed by atoms with Crippen LogP contribution in [0, 0.1) is 29.1 Å². The van der Waals surface area contributed by atoms with Gasteiger partial charge in [-0.25, -0.2) is 0 Å². The standard InChI is InChI=1S/C7H4N2Se4/c8-3-5-6(4-9)13-7(12-5)1-2-11-10/h7,10H,2H2. The zero-order valence-electron chi connectivity index (χ0n) is 6.35. The molecule has 66 valence electrons. The quantitative estimate of drug-likeness (QED) is 0.562. The number of rotatable bonds is 3. The molecule has 1 rings (SSSR count). The van der Waals surface area contributed by atoms with Crippen molar-refractivity contribution in [3.8, 4) is 12.1 Å². The van der Waals surface area contributed by atoms with Gasteiger partial charge < -0.3 is 0 Å². The van der Waals surface area contributed by atoms with Crippen LogP contribution in [0.2, 0.25) is 9.03 Å². The van der Waals surface area contributed by atoms with Gasteiger partial charge in [0.1, 0.15) is 0 Å². The molecular weight excluding hydrogens is 428 g/mol. The molecule has 2 radical (unpaired) electrons. The molecule has 0 aromatic heterocycles. The van der Waals surface area contributed by atoms with E-state index in [1.807, 2.05) is 0 Å². The third-order valence-corrected chi connectivity index (χ3v) is 9.78. The first-order valence-corrected chi connectivity index (χ1v) is 12.8. The SMILES string of the molecule is N#CC1=C(C#N)[Se]C([C]C[Se][SeH])[Se]1. The van der Waals surface area contributed by atoms with Gasteiger partial charge in [0.25, 0.3) is 0 Å². The Morgan fingerprint density at radius 3 is 2.23 bits per heavy atom. The number of hydrogen-bond donors (Lipinski definition) is 0. The van der Waals surface area contributed by atoms with Crippen LogP contribution in [-0.4, -0.2) is 57.2 Å². The van der Waals surface area contributed by atoms with E-state index in [2.05, 4.69) is 32.7 Å². The molecule has 0 spiro atoms. The molecule has 0 fully saturated rings. The Labute approximate surface area is 103 Å². The second-order valence-corrected chi connectivity index (χ2v) is 12.1. The molecule has 1 aliphatic heterocycles. The van der Waals surface area contributed by atoms with Gasteiger partial charge in [-0.3, -0.25) is 0 Å². The Morgan fingerprint density at radius 2 is 1.85 bits per heavy atom. The maximum absolute atomic E-state index is 8.75. The molecule has 0 N–H and O–H groups in total. The van der Waals surface area contributed by atoms with Gasteiger partial charge in [0.15, 0.2) is 0 Å². The Hall–Kier alpha value is 0.798. The van der Waals surface area contributed by atoms with E-state index in [0.717, 1.165) is 14.3 Å². The van der Waals surface area contributed by atoms with Crippen LogP contribution >= 0.6 is 0 Å². The van der Waals surface area contributed by atoms with Crippen molar-refractivity contribution in [1.82, 2.24) is 0 Å². The van der Waals surface area contributed by atoms with E-state index in [1.54, 1.807) is 0 Å². The van der Waals surface area contributed by atoms with Crippen molar-refractivity contribution in [2.75, 3.05) is 0 Å². The van der Waals surface area contributed by atoms with Crippen LogP contribution in [0.5, 0.6) is 0 Å². The van der Waals surface area contributed by atoms with Gasteiger partial charge >= 0.3 is 104 Å².